The molecule has 146 valence electrons. The molecule has 1 heterocycles. The highest BCUT2D eigenvalue weighted by Gasteiger charge is 2.31. The third-order valence-corrected chi connectivity index (χ3v) is 6.88. The lowest BCUT2D eigenvalue weighted by Crippen LogP contribution is -2.32. The zero-order valence-electron chi connectivity index (χ0n) is 14.8. The Kier molecular flexibility index (Phi) is 5.31. The monoisotopic (exact) mass is 399 g/mol. The summed E-state index contributed by atoms with van der Waals surface area (Å²) in [6, 6.07) is 3.77. The van der Waals surface area contributed by atoms with E-state index in [-0.39, 0.29) is 27.8 Å². The highest BCUT2D eigenvalue weighted by atomic mass is 32.2. The molecule has 4 nitrogen and oxygen atoms in total. The van der Waals surface area contributed by atoms with Crippen molar-refractivity contribution in [1.82, 2.24) is 4.98 Å². The molecule has 0 aliphatic heterocycles. The summed E-state index contributed by atoms with van der Waals surface area (Å²) in [6.07, 6.45) is 2.97. The normalized spacial score (nSPS) is 23.4. The summed E-state index contributed by atoms with van der Waals surface area (Å²) >= 11 is 0. The summed E-state index contributed by atoms with van der Waals surface area (Å²) < 4.78 is 66.4. The maximum Gasteiger partial charge on any atom is 0.178 e. The summed E-state index contributed by atoms with van der Waals surface area (Å²) in [5, 5.41) is 9.96. The molecular weight excluding hydrogens is 379 g/mol. The van der Waals surface area contributed by atoms with Crippen LogP contribution in [0, 0.1) is 23.4 Å². The van der Waals surface area contributed by atoms with Crippen LogP contribution >= 0.6 is 0 Å². The molecule has 0 spiro atoms. The van der Waals surface area contributed by atoms with Crippen molar-refractivity contribution in [3.05, 3.63) is 47.9 Å². The third kappa shape index (κ3) is 4.50. The molecule has 0 atom stereocenters. The van der Waals surface area contributed by atoms with E-state index in [4.69, 9.17) is 0 Å². The fraction of sp³-hybridized carbons (Fsp3) is 0.421. The van der Waals surface area contributed by atoms with Gasteiger partial charge in [0.15, 0.2) is 15.7 Å². The van der Waals surface area contributed by atoms with Crippen LogP contribution in [0.25, 0.3) is 11.3 Å². The number of hydrogen-bond donors (Lipinski definition) is 1. The summed E-state index contributed by atoms with van der Waals surface area (Å²) in [4.78, 5) is 3.35. The molecule has 1 aliphatic rings. The Hall–Kier alpha value is -1.93. The number of halogens is 3. The molecule has 0 radical (unpaired) electrons. The molecule has 1 aromatic heterocycles. The van der Waals surface area contributed by atoms with E-state index in [1.807, 2.05) is 0 Å². The van der Waals surface area contributed by atoms with Crippen molar-refractivity contribution in [2.75, 3.05) is 5.75 Å². The Labute approximate surface area is 156 Å². The van der Waals surface area contributed by atoms with Gasteiger partial charge in [0.05, 0.1) is 22.4 Å². The number of rotatable bonds is 4. The van der Waals surface area contributed by atoms with E-state index < -0.39 is 32.9 Å². The van der Waals surface area contributed by atoms with Crippen LogP contribution in [0.5, 0.6) is 0 Å². The van der Waals surface area contributed by atoms with Crippen molar-refractivity contribution in [3.8, 4) is 11.3 Å². The van der Waals surface area contributed by atoms with Crippen molar-refractivity contribution in [1.29, 1.82) is 0 Å². The predicted octanol–water partition coefficient (Wildman–Crippen LogP) is 3.88. The van der Waals surface area contributed by atoms with Gasteiger partial charge < -0.3 is 5.11 Å². The zero-order chi connectivity index (χ0) is 19.8. The van der Waals surface area contributed by atoms with E-state index in [0.717, 1.165) is 18.3 Å². The van der Waals surface area contributed by atoms with Crippen molar-refractivity contribution in [3.63, 3.8) is 0 Å². The Morgan fingerprint density at radius 2 is 1.81 bits per heavy atom. The smallest absolute Gasteiger partial charge is 0.178 e. The van der Waals surface area contributed by atoms with Crippen LogP contribution in [0.15, 0.2) is 35.4 Å². The number of aliphatic hydroxyl groups is 1. The first-order valence-electron chi connectivity index (χ1n) is 8.63. The second-order valence-corrected chi connectivity index (χ2v) is 9.38. The number of hydrogen-bond acceptors (Lipinski definition) is 4. The maximum absolute atomic E-state index is 14.4. The van der Waals surface area contributed by atoms with Crippen LogP contribution in [0.2, 0.25) is 0 Å². The first-order chi connectivity index (χ1) is 12.6. The zero-order valence-corrected chi connectivity index (χ0v) is 15.6. The molecular formula is C19H20F3NO3S. The molecule has 0 amide bonds. The molecule has 1 fully saturated rings. The molecule has 1 saturated carbocycles. The summed E-state index contributed by atoms with van der Waals surface area (Å²) in [5.41, 5.74) is -1.38. The van der Waals surface area contributed by atoms with Gasteiger partial charge in [-0.2, -0.15) is 0 Å². The molecule has 8 heteroatoms. The van der Waals surface area contributed by atoms with E-state index in [0.29, 0.717) is 31.7 Å². The third-order valence-electron chi connectivity index (χ3n) is 5.00. The van der Waals surface area contributed by atoms with Gasteiger partial charge in [-0.05, 0) is 56.7 Å². The molecule has 1 N–H and O–H groups in total. The molecule has 1 aromatic carbocycles. The molecule has 0 bridgehead atoms. The van der Waals surface area contributed by atoms with Gasteiger partial charge in [0.1, 0.15) is 17.3 Å². The van der Waals surface area contributed by atoms with Crippen LogP contribution in [0.4, 0.5) is 13.2 Å². The lowest BCUT2D eigenvalue weighted by Gasteiger charge is -2.32. The molecule has 1 aliphatic carbocycles. The van der Waals surface area contributed by atoms with Gasteiger partial charge in [0.2, 0.25) is 0 Å². The fourth-order valence-corrected chi connectivity index (χ4v) is 5.07. The summed E-state index contributed by atoms with van der Waals surface area (Å²) in [5.74, 6) is -3.10. The van der Waals surface area contributed by atoms with Gasteiger partial charge in [-0.25, -0.2) is 21.6 Å². The van der Waals surface area contributed by atoms with Gasteiger partial charge in [0.25, 0.3) is 0 Å². The van der Waals surface area contributed by atoms with Gasteiger partial charge >= 0.3 is 0 Å². The second-order valence-electron chi connectivity index (χ2n) is 7.35. The van der Waals surface area contributed by atoms with Crippen LogP contribution in [-0.2, 0) is 9.84 Å². The van der Waals surface area contributed by atoms with Crippen molar-refractivity contribution < 1.29 is 26.7 Å². The van der Waals surface area contributed by atoms with Gasteiger partial charge in [0, 0.05) is 11.6 Å². The standard InChI is InChI=1S/C19H20F3NO3S/c1-19(24)6-4-12(5-7-19)11-27(25,26)14-2-3-15(16(21)9-14)18-17(22)8-13(20)10-23-18/h2-3,8-10,12,24H,4-7,11H2,1H3. The minimum Gasteiger partial charge on any atom is -0.390 e. The SMILES string of the molecule is CC1(O)CCC(CS(=O)(=O)c2ccc(-c3ncc(F)cc3F)c(F)c2)CC1. The van der Waals surface area contributed by atoms with Crippen molar-refractivity contribution in [2.24, 2.45) is 5.92 Å². The summed E-state index contributed by atoms with van der Waals surface area (Å²) in [6.45, 7) is 1.73. The maximum atomic E-state index is 14.4. The van der Waals surface area contributed by atoms with E-state index in [9.17, 15) is 26.7 Å². The lowest BCUT2D eigenvalue weighted by atomic mass is 9.81. The van der Waals surface area contributed by atoms with E-state index in [2.05, 4.69) is 4.98 Å². The number of pyridine rings is 1. The summed E-state index contributed by atoms with van der Waals surface area (Å²) in [7, 11) is -3.73. The minimum atomic E-state index is -3.73. The van der Waals surface area contributed by atoms with Crippen LogP contribution < -0.4 is 0 Å². The van der Waals surface area contributed by atoms with E-state index in [1.54, 1.807) is 6.92 Å². The van der Waals surface area contributed by atoms with Gasteiger partial charge in [-0.1, -0.05) is 0 Å². The number of aromatic nitrogens is 1. The number of benzene rings is 1. The molecule has 0 saturated heterocycles. The lowest BCUT2D eigenvalue weighted by molar-refractivity contribution is 0.0108. The molecule has 27 heavy (non-hydrogen) atoms. The number of sulfone groups is 1. The molecule has 2 aromatic rings. The Balaban J connectivity index is 1.82. The average Bonchev–Trinajstić information content (AvgIpc) is 2.57. The Morgan fingerprint density at radius 1 is 1.15 bits per heavy atom. The average molecular weight is 399 g/mol. The van der Waals surface area contributed by atoms with E-state index >= 15 is 0 Å². The van der Waals surface area contributed by atoms with Crippen molar-refractivity contribution in [2.45, 2.75) is 43.1 Å². The largest absolute Gasteiger partial charge is 0.390 e. The topological polar surface area (TPSA) is 67.3 Å². The minimum absolute atomic E-state index is 0.103. The second kappa shape index (κ2) is 7.24. The van der Waals surface area contributed by atoms with Crippen LogP contribution in [-0.4, -0.2) is 29.9 Å². The van der Waals surface area contributed by atoms with Gasteiger partial charge in [-0.3, -0.25) is 4.98 Å². The highest BCUT2D eigenvalue weighted by molar-refractivity contribution is 7.91. The predicted molar refractivity (Wildman–Crippen MR) is 94.2 cm³/mol. The first-order valence-corrected chi connectivity index (χ1v) is 10.3. The van der Waals surface area contributed by atoms with Gasteiger partial charge in [-0.15, -0.1) is 0 Å². The Bertz CT molecular complexity index is 951. The van der Waals surface area contributed by atoms with Crippen LogP contribution in [0.3, 0.4) is 0 Å². The quantitative estimate of drug-likeness (QED) is 0.847. The molecule has 0 unspecified atom stereocenters. The van der Waals surface area contributed by atoms with Crippen LogP contribution in [0.1, 0.15) is 32.6 Å². The van der Waals surface area contributed by atoms with Crippen molar-refractivity contribution >= 4 is 9.84 Å². The Morgan fingerprint density at radius 3 is 2.41 bits per heavy atom. The van der Waals surface area contributed by atoms with E-state index in [1.165, 1.54) is 6.07 Å². The highest BCUT2D eigenvalue weighted by Crippen LogP contribution is 2.34. The molecule has 3 rings (SSSR count). The first kappa shape index (κ1) is 19.8. The number of nitrogens with zero attached hydrogens (tertiary/aromatic N) is 1. The fourth-order valence-electron chi connectivity index (χ4n) is 3.37.